The Balaban J connectivity index is 2.27. The van der Waals surface area contributed by atoms with Gasteiger partial charge >= 0.3 is 0 Å². The number of hydrogen-bond donors (Lipinski definition) is 2. The summed E-state index contributed by atoms with van der Waals surface area (Å²) in [4.78, 5) is 14.3. The maximum absolute atomic E-state index is 11.9. The summed E-state index contributed by atoms with van der Waals surface area (Å²) in [5.41, 5.74) is 5.54. The van der Waals surface area contributed by atoms with Crippen LogP contribution in [0.4, 0.5) is 0 Å². The highest BCUT2D eigenvalue weighted by molar-refractivity contribution is 5.78. The molecule has 0 aromatic heterocycles. The van der Waals surface area contributed by atoms with Crippen molar-refractivity contribution in [3.8, 4) is 0 Å². The zero-order valence-corrected chi connectivity index (χ0v) is 11.2. The number of hydrogen-bond acceptors (Lipinski definition) is 3. The van der Waals surface area contributed by atoms with Crippen molar-refractivity contribution in [2.24, 2.45) is 11.7 Å². The second-order valence-corrected chi connectivity index (χ2v) is 4.93. The summed E-state index contributed by atoms with van der Waals surface area (Å²) >= 11 is 0. The fourth-order valence-corrected chi connectivity index (χ4v) is 2.46. The van der Waals surface area contributed by atoms with Gasteiger partial charge in [0.1, 0.15) is 0 Å². The molecule has 0 unspecified atom stereocenters. The van der Waals surface area contributed by atoms with Gasteiger partial charge in [-0.1, -0.05) is 13.8 Å². The van der Waals surface area contributed by atoms with E-state index in [2.05, 4.69) is 24.1 Å². The summed E-state index contributed by atoms with van der Waals surface area (Å²) in [7, 11) is 0. The summed E-state index contributed by atoms with van der Waals surface area (Å²) < 4.78 is 0. The first kappa shape index (κ1) is 14.5. The first-order valence-electron chi connectivity index (χ1n) is 6.94. The molecule has 1 aliphatic heterocycles. The van der Waals surface area contributed by atoms with E-state index in [1.54, 1.807) is 0 Å². The van der Waals surface area contributed by atoms with E-state index < -0.39 is 0 Å². The van der Waals surface area contributed by atoms with Crippen molar-refractivity contribution >= 4 is 5.91 Å². The largest absolute Gasteiger partial charge is 0.353 e. The average molecular weight is 241 g/mol. The normalized spacial score (nSPS) is 18.6. The molecule has 1 heterocycles. The van der Waals surface area contributed by atoms with E-state index in [0.29, 0.717) is 6.04 Å². The zero-order valence-electron chi connectivity index (χ0n) is 11.2. The molecule has 0 saturated carbocycles. The quantitative estimate of drug-likeness (QED) is 0.728. The maximum atomic E-state index is 11.9. The van der Waals surface area contributed by atoms with Crippen LogP contribution in [0.5, 0.6) is 0 Å². The summed E-state index contributed by atoms with van der Waals surface area (Å²) in [5.74, 6) is 0.435. The van der Waals surface area contributed by atoms with Gasteiger partial charge in [0.25, 0.3) is 0 Å². The average Bonchev–Trinajstić information content (AvgIpc) is 2.33. The molecule has 0 aromatic carbocycles. The van der Waals surface area contributed by atoms with Crippen LogP contribution >= 0.6 is 0 Å². The number of carbonyl (C=O) groups is 1. The topological polar surface area (TPSA) is 58.4 Å². The Hall–Kier alpha value is -0.610. The van der Waals surface area contributed by atoms with Gasteiger partial charge in [-0.2, -0.15) is 0 Å². The molecule has 0 radical (unpaired) electrons. The van der Waals surface area contributed by atoms with Gasteiger partial charge in [0.15, 0.2) is 0 Å². The lowest BCUT2D eigenvalue weighted by Gasteiger charge is -2.32. The first-order valence-corrected chi connectivity index (χ1v) is 6.94. The van der Waals surface area contributed by atoms with Crippen molar-refractivity contribution in [3.05, 3.63) is 0 Å². The van der Waals surface area contributed by atoms with Crippen LogP contribution < -0.4 is 11.1 Å². The number of piperidine rings is 1. The molecular formula is C13H27N3O. The third kappa shape index (κ3) is 4.64. The minimum atomic E-state index is 0.192. The second-order valence-electron chi connectivity index (χ2n) is 4.93. The van der Waals surface area contributed by atoms with Crippen LogP contribution in [0.25, 0.3) is 0 Å². The van der Waals surface area contributed by atoms with Crippen molar-refractivity contribution < 1.29 is 4.79 Å². The molecule has 4 heteroatoms. The van der Waals surface area contributed by atoms with Crippen molar-refractivity contribution in [1.29, 1.82) is 0 Å². The minimum Gasteiger partial charge on any atom is -0.353 e. The summed E-state index contributed by atoms with van der Waals surface area (Å²) in [6, 6.07) is 0.372. The molecule has 0 bridgehead atoms. The van der Waals surface area contributed by atoms with Gasteiger partial charge in [0.05, 0.1) is 0 Å². The van der Waals surface area contributed by atoms with E-state index in [0.717, 1.165) is 51.9 Å². The minimum absolute atomic E-state index is 0.192. The molecule has 0 aliphatic carbocycles. The van der Waals surface area contributed by atoms with E-state index >= 15 is 0 Å². The Labute approximate surface area is 105 Å². The molecule has 1 saturated heterocycles. The SMILES string of the molecule is CCC(CC)C(=O)NC1CCN(CCN)CC1. The highest BCUT2D eigenvalue weighted by atomic mass is 16.1. The van der Waals surface area contributed by atoms with Crippen LogP contribution in [0.15, 0.2) is 0 Å². The van der Waals surface area contributed by atoms with Gasteiger partial charge in [-0.05, 0) is 25.7 Å². The van der Waals surface area contributed by atoms with Gasteiger partial charge in [-0.25, -0.2) is 0 Å². The number of carbonyl (C=O) groups excluding carboxylic acids is 1. The Morgan fingerprint density at radius 3 is 2.41 bits per heavy atom. The fraction of sp³-hybridized carbons (Fsp3) is 0.923. The van der Waals surface area contributed by atoms with Crippen LogP contribution in [0, 0.1) is 5.92 Å². The number of nitrogens with zero attached hydrogens (tertiary/aromatic N) is 1. The molecule has 0 atom stereocenters. The van der Waals surface area contributed by atoms with Crippen LogP contribution in [0.3, 0.4) is 0 Å². The lowest BCUT2D eigenvalue weighted by atomic mass is 10.00. The Bertz CT molecular complexity index is 221. The van der Waals surface area contributed by atoms with Crippen LogP contribution in [0.1, 0.15) is 39.5 Å². The number of likely N-dealkylation sites (tertiary alicyclic amines) is 1. The van der Waals surface area contributed by atoms with Gasteiger partial charge in [0, 0.05) is 38.1 Å². The third-order valence-electron chi connectivity index (χ3n) is 3.74. The van der Waals surface area contributed by atoms with E-state index in [1.807, 2.05) is 0 Å². The van der Waals surface area contributed by atoms with Crippen LogP contribution in [-0.2, 0) is 4.79 Å². The third-order valence-corrected chi connectivity index (χ3v) is 3.74. The summed E-state index contributed by atoms with van der Waals surface area (Å²) in [6.45, 7) is 7.99. The smallest absolute Gasteiger partial charge is 0.223 e. The van der Waals surface area contributed by atoms with Gasteiger partial charge in [0.2, 0.25) is 5.91 Å². The molecule has 0 spiro atoms. The highest BCUT2D eigenvalue weighted by Gasteiger charge is 2.22. The molecule has 100 valence electrons. The number of nitrogens with two attached hydrogens (primary N) is 1. The number of nitrogens with one attached hydrogen (secondary N) is 1. The fourth-order valence-electron chi connectivity index (χ4n) is 2.46. The van der Waals surface area contributed by atoms with Crippen LogP contribution in [-0.4, -0.2) is 43.0 Å². The first-order chi connectivity index (χ1) is 8.21. The monoisotopic (exact) mass is 241 g/mol. The van der Waals surface area contributed by atoms with Crippen molar-refractivity contribution in [3.63, 3.8) is 0 Å². The Morgan fingerprint density at radius 1 is 1.35 bits per heavy atom. The predicted molar refractivity (Wildman–Crippen MR) is 70.7 cm³/mol. The highest BCUT2D eigenvalue weighted by Crippen LogP contribution is 2.13. The molecule has 1 aliphatic rings. The van der Waals surface area contributed by atoms with Crippen molar-refractivity contribution in [2.75, 3.05) is 26.2 Å². The number of amides is 1. The van der Waals surface area contributed by atoms with Crippen molar-refractivity contribution in [2.45, 2.75) is 45.6 Å². The molecular weight excluding hydrogens is 214 g/mol. The maximum Gasteiger partial charge on any atom is 0.223 e. The summed E-state index contributed by atoms with van der Waals surface area (Å²) in [5, 5.41) is 3.19. The Morgan fingerprint density at radius 2 is 1.94 bits per heavy atom. The molecule has 17 heavy (non-hydrogen) atoms. The summed E-state index contributed by atoms with van der Waals surface area (Å²) in [6.07, 6.45) is 4.00. The lowest BCUT2D eigenvalue weighted by Crippen LogP contribution is -2.47. The number of rotatable bonds is 6. The lowest BCUT2D eigenvalue weighted by molar-refractivity contribution is -0.126. The van der Waals surface area contributed by atoms with E-state index in [1.165, 1.54) is 0 Å². The standard InChI is InChI=1S/C13H27N3O/c1-3-11(4-2)13(17)15-12-5-8-16(9-6-12)10-7-14/h11-12H,3-10,14H2,1-2H3,(H,15,17). The van der Waals surface area contributed by atoms with E-state index in [9.17, 15) is 4.79 Å². The van der Waals surface area contributed by atoms with Crippen molar-refractivity contribution in [1.82, 2.24) is 10.2 Å². The van der Waals surface area contributed by atoms with Gasteiger partial charge in [-0.3, -0.25) is 4.79 Å². The predicted octanol–water partition coefficient (Wildman–Crippen LogP) is 0.962. The van der Waals surface area contributed by atoms with E-state index in [4.69, 9.17) is 5.73 Å². The molecule has 0 aromatic rings. The van der Waals surface area contributed by atoms with Gasteiger partial charge in [-0.15, -0.1) is 0 Å². The van der Waals surface area contributed by atoms with Gasteiger partial charge < -0.3 is 16.0 Å². The van der Waals surface area contributed by atoms with E-state index in [-0.39, 0.29) is 11.8 Å². The van der Waals surface area contributed by atoms with Crippen LogP contribution in [0.2, 0.25) is 0 Å². The molecule has 1 fully saturated rings. The molecule has 4 nitrogen and oxygen atoms in total. The molecule has 1 amide bonds. The molecule has 3 N–H and O–H groups in total. The zero-order chi connectivity index (χ0) is 12.7. The molecule has 1 rings (SSSR count). The Kier molecular flexibility index (Phi) is 6.52. The second kappa shape index (κ2) is 7.67.